The standard InChI is InChI=1S/C7H14NO6PS/c1-3-13-15(12,14-4-2)5(6(9)10)8-7(11)16/h5H,3-4H2,1-2H3,(H,9,10)(H2,8,11,16). The van der Waals surface area contributed by atoms with Gasteiger partial charge in [-0.25, -0.2) is 4.79 Å². The van der Waals surface area contributed by atoms with E-state index in [1.807, 2.05) is 5.32 Å². The van der Waals surface area contributed by atoms with E-state index in [0.717, 1.165) is 0 Å². The number of carboxylic acids is 1. The zero-order valence-electron chi connectivity index (χ0n) is 8.87. The molecule has 0 aliphatic carbocycles. The van der Waals surface area contributed by atoms with Crippen molar-refractivity contribution in [2.24, 2.45) is 0 Å². The molecule has 0 aromatic heterocycles. The van der Waals surface area contributed by atoms with E-state index in [2.05, 4.69) is 12.6 Å². The van der Waals surface area contributed by atoms with Crippen LogP contribution in [0.5, 0.6) is 0 Å². The van der Waals surface area contributed by atoms with Gasteiger partial charge >= 0.3 is 13.6 Å². The van der Waals surface area contributed by atoms with Gasteiger partial charge in [-0.2, -0.15) is 0 Å². The van der Waals surface area contributed by atoms with Gasteiger partial charge in [0.1, 0.15) is 0 Å². The first-order chi connectivity index (χ1) is 7.37. The predicted molar refractivity (Wildman–Crippen MR) is 59.8 cm³/mol. The summed E-state index contributed by atoms with van der Waals surface area (Å²) in [7, 11) is -3.92. The van der Waals surface area contributed by atoms with Gasteiger partial charge < -0.3 is 19.5 Å². The average Bonchev–Trinajstić information content (AvgIpc) is 2.14. The first kappa shape index (κ1) is 15.4. The minimum atomic E-state index is -3.92. The van der Waals surface area contributed by atoms with E-state index in [1.165, 1.54) is 13.8 Å². The van der Waals surface area contributed by atoms with Crippen molar-refractivity contribution < 1.29 is 28.3 Å². The number of carbonyl (C=O) groups excluding carboxylic acids is 1. The van der Waals surface area contributed by atoms with Gasteiger partial charge in [-0.15, -0.1) is 0 Å². The van der Waals surface area contributed by atoms with E-state index in [-0.39, 0.29) is 13.2 Å². The Kier molecular flexibility index (Phi) is 6.66. The van der Waals surface area contributed by atoms with E-state index < -0.39 is 24.6 Å². The molecule has 0 bridgehead atoms. The van der Waals surface area contributed by atoms with Crippen molar-refractivity contribution in [1.82, 2.24) is 5.32 Å². The van der Waals surface area contributed by atoms with Crippen molar-refractivity contribution >= 4 is 31.4 Å². The molecule has 7 nitrogen and oxygen atoms in total. The molecule has 16 heavy (non-hydrogen) atoms. The van der Waals surface area contributed by atoms with Crippen molar-refractivity contribution in [2.75, 3.05) is 13.2 Å². The van der Waals surface area contributed by atoms with Crippen molar-refractivity contribution in [2.45, 2.75) is 19.6 Å². The molecule has 1 atom stereocenters. The van der Waals surface area contributed by atoms with Crippen LogP contribution in [0.2, 0.25) is 0 Å². The number of rotatable bonds is 7. The normalized spacial score (nSPS) is 13.2. The smallest absolute Gasteiger partial charge is 0.364 e. The number of aliphatic carboxylic acids is 1. The average molecular weight is 271 g/mol. The molecule has 1 amide bonds. The Morgan fingerprint density at radius 1 is 1.38 bits per heavy atom. The van der Waals surface area contributed by atoms with Crippen LogP contribution in [0, 0.1) is 0 Å². The molecule has 0 aliphatic heterocycles. The van der Waals surface area contributed by atoms with Crippen LogP contribution in [0.15, 0.2) is 0 Å². The molecule has 0 aromatic rings. The molecule has 0 aromatic carbocycles. The summed E-state index contributed by atoms with van der Waals surface area (Å²) in [5, 5.41) is 9.81. The van der Waals surface area contributed by atoms with Crippen LogP contribution in [0.3, 0.4) is 0 Å². The minimum absolute atomic E-state index is 0.00347. The van der Waals surface area contributed by atoms with E-state index >= 15 is 0 Å². The summed E-state index contributed by atoms with van der Waals surface area (Å²) in [5.41, 5.74) is 0. The molecule has 0 saturated carbocycles. The Labute approximate surface area is 98.4 Å². The van der Waals surface area contributed by atoms with Crippen LogP contribution in [-0.2, 0) is 18.4 Å². The van der Waals surface area contributed by atoms with Gasteiger partial charge in [0, 0.05) is 0 Å². The highest BCUT2D eigenvalue weighted by Gasteiger charge is 2.42. The van der Waals surface area contributed by atoms with Gasteiger partial charge in [-0.05, 0) is 13.8 Å². The number of carboxylic acid groups (broad SMARTS) is 1. The molecular formula is C7H14NO6PS. The summed E-state index contributed by atoms with van der Waals surface area (Å²) in [6, 6.07) is 0. The first-order valence-electron chi connectivity index (χ1n) is 4.48. The van der Waals surface area contributed by atoms with Gasteiger partial charge in [-0.1, -0.05) is 12.6 Å². The Morgan fingerprint density at radius 2 is 1.81 bits per heavy atom. The number of nitrogens with one attached hydrogen (secondary N) is 1. The number of amides is 1. The summed E-state index contributed by atoms with van der Waals surface area (Å²) < 4.78 is 21.6. The summed E-state index contributed by atoms with van der Waals surface area (Å²) in [4.78, 5) is 21.5. The summed E-state index contributed by atoms with van der Waals surface area (Å²) in [6.45, 7) is 3.08. The highest BCUT2D eigenvalue weighted by Crippen LogP contribution is 2.52. The molecule has 0 heterocycles. The maximum atomic E-state index is 12.0. The van der Waals surface area contributed by atoms with E-state index in [9.17, 15) is 14.2 Å². The Morgan fingerprint density at radius 3 is 2.06 bits per heavy atom. The highest BCUT2D eigenvalue weighted by atomic mass is 32.1. The fourth-order valence-corrected chi connectivity index (χ4v) is 2.81. The first-order valence-corrected chi connectivity index (χ1v) is 6.54. The van der Waals surface area contributed by atoms with E-state index in [1.54, 1.807) is 0 Å². The quantitative estimate of drug-likeness (QED) is 0.476. The Balaban J connectivity index is 5.01. The lowest BCUT2D eigenvalue weighted by Gasteiger charge is -2.23. The number of carbonyl (C=O) groups is 2. The lowest BCUT2D eigenvalue weighted by Crippen LogP contribution is -2.39. The number of hydrogen-bond donors (Lipinski definition) is 3. The topological polar surface area (TPSA) is 102 Å². The molecule has 0 saturated heterocycles. The van der Waals surface area contributed by atoms with Crippen molar-refractivity contribution in [1.29, 1.82) is 0 Å². The van der Waals surface area contributed by atoms with Gasteiger partial charge in [0.15, 0.2) is 0 Å². The predicted octanol–water partition coefficient (Wildman–Crippen LogP) is 1.30. The maximum Gasteiger partial charge on any atom is 0.364 e. The van der Waals surface area contributed by atoms with Crippen LogP contribution < -0.4 is 5.32 Å². The van der Waals surface area contributed by atoms with Crippen LogP contribution in [0.4, 0.5) is 4.79 Å². The molecule has 9 heteroatoms. The largest absolute Gasteiger partial charge is 0.479 e. The minimum Gasteiger partial charge on any atom is -0.479 e. The second-order valence-electron chi connectivity index (χ2n) is 2.57. The molecule has 0 radical (unpaired) electrons. The van der Waals surface area contributed by atoms with Crippen LogP contribution in [0.1, 0.15) is 13.8 Å². The van der Waals surface area contributed by atoms with Crippen molar-refractivity contribution in [3.63, 3.8) is 0 Å². The molecule has 0 rings (SSSR count). The van der Waals surface area contributed by atoms with E-state index in [4.69, 9.17) is 14.2 Å². The third-order valence-corrected chi connectivity index (χ3v) is 3.78. The molecule has 0 spiro atoms. The van der Waals surface area contributed by atoms with Gasteiger partial charge in [0.2, 0.25) is 5.78 Å². The SMILES string of the molecule is CCOP(=O)(OCC)C(NC(=O)S)C(=O)O. The highest BCUT2D eigenvalue weighted by molar-refractivity contribution is 7.96. The van der Waals surface area contributed by atoms with Crippen molar-refractivity contribution in [3.05, 3.63) is 0 Å². The molecule has 1 unspecified atom stereocenters. The Hall–Kier alpha value is -0.560. The van der Waals surface area contributed by atoms with Gasteiger partial charge in [0.05, 0.1) is 13.2 Å². The zero-order valence-corrected chi connectivity index (χ0v) is 10.7. The van der Waals surface area contributed by atoms with Crippen LogP contribution in [0.25, 0.3) is 0 Å². The summed E-state index contributed by atoms with van der Waals surface area (Å²) in [5.74, 6) is -3.26. The third-order valence-electron chi connectivity index (χ3n) is 1.43. The maximum absolute atomic E-state index is 12.0. The Bertz CT molecular complexity index is 299. The second-order valence-corrected chi connectivity index (χ2v) is 5.08. The molecule has 94 valence electrons. The third kappa shape index (κ3) is 4.52. The fraction of sp³-hybridized carbons (Fsp3) is 0.714. The lowest BCUT2D eigenvalue weighted by molar-refractivity contribution is -0.137. The van der Waals surface area contributed by atoms with Gasteiger partial charge in [-0.3, -0.25) is 9.36 Å². The molecular weight excluding hydrogens is 257 g/mol. The fourth-order valence-electron chi connectivity index (χ4n) is 0.939. The summed E-state index contributed by atoms with van der Waals surface area (Å²) in [6.07, 6.45) is 0. The van der Waals surface area contributed by atoms with Crippen LogP contribution in [-0.4, -0.2) is 35.3 Å². The monoisotopic (exact) mass is 271 g/mol. The molecule has 2 N–H and O–H groups in total. The number of hydrogen-bond acceptors (Lipinski definition) is 5. The number of thiol groups is 1. The van der Waals surface area contributed by atoms with Crippen LogP contribution >= 0.6 is 20.2 Å². The molecule has 0 fully saturated rings. The second kappa shape index (κ2) is 6.90. The van der Waals surface area contributed by atoms with Gasteiger partial charge in [0.25, 0.3) is 5.24 Å². The zero-order chi connectivity index (χ0) is 12.8. The van der Waals surface area contributed by atoms with Crippen molar-refractivity contribution in [3.8, 4) is 0 Å². The summed E-state index contributed by atoms with van der Waals surface area (Å²) >= 11 is 3.35. The lowest BCUT2D eigenvalue weighted by atomic mass is 10.6. The molecule has 0 aliphatic rings. The van der Waals surface area contributed by atoms with E-state index in [0.29, 0.717) is 0 Å².